The van der Waals surface area contributed by atoms with E-state index in [2.05, 4.69) is 5.32 Å². The van der Waals surface area contributed by atoms with E-state index < -0.39 is 6.10 Å². The van der Waals surface area contributed by atoms with E-state index >= 15 is 0 Å². The minimum absolute atomic E-state index is 0.00800. The average molecular weight is 274 g/mol. The van der Waals surface area contributed by atoms with Crippen LogP contribution in [-0.4, -0.2) is 42.5 Å². The maximum Gasteiger partial charge on any atom is 0.261 e. The lowest BCUT2D eigenvalue weighted by Crippen LogP contribution is -2.43. The largest absolute Gasteiger partial charge is 0.480 e. The summed E-state index contributed by atoms with van der Waals surface area (Å²) in [5, 5.41) is 2.68. The summed E-state index contributed by atoms with van der Waals surface area (Å²) in [6.45, 7) is 1.68. The van der Waals surface area contributed by atoms with Crippen molar-refractivity contribution in [3.63, 3.8) is 0 Å². The molecule has 0 radical (unpaired) electrons. The molecule has 2 heterocycles. The van der Waals surface area contributed by atoms with Crippen LogP contribution in [-0.2, 0) is 16.0 Å². The van der Waals surface area contributed by atoms with Crippen molar-refractivity contribution < 1.29 is 14.3 Å². The van der Waals surface area contributed by atoms with Gasteiger partial charge in [0.05, 0.1) is 6.54 Å². The lowest BCUT2D eigenvalue weighted by Gasteiger charge is -2.16. The number of fused-ring (bicyclic) bond motifs is 1. The van der Waals surface area contributed by atoms with E-state index in [-0.39, 0.29) is 18.4 Å². The molecule has 20 heavy (non-hydrogen) atoms. The van der Waals surface area contributed by atoms with Gasteiger partial charge in [-0.1, -0.05) is 18.2 Å². The fourth-order valence-electron chi connectivity index (χ4n) is 2.68. The van der Waals surface area contributed by atoms with Crippen molar-refractivity contribution >= 4 is 11.8 Å². The van der Waals surface area contributed by atoms with Crippen molar-refractivity contribution in [3.8, 4) is 5.75 Å². The van der Waals surface area contributed by atoms with Crippen LogP contribution in [0.15, 0.2) is 24.3 Å². The summed E-state index contributed by atoms with van der Waals surface area (Å²) in [5.74, 6) is 0.540. The van der Waals surface area contributed by atoms with Gasteiger partial charge in [0.25, 0.3) is 5.91 Å². The quantitative estimate of drug-likeness (QED) is 0.884. The number of para-hydroxylation sites is 1. The summed E-state index contributed by atoms with van der Waals surface area (Å²) < 4.78 is 5.59. The molecule has 3 rings (SSSR count). The van der Waals surface area contributed by atoms with Crippen molar-refractivity contribution in [1.82, 2.24) is 10.2 Å². The Kier molecular flexibility index (Phi) is 3.58. The molecule has 5 nitrogen and oxygen atoms in total. The smallest absolute Gasteiger partial charge is 0.261 e. The van der Waals surface area contributed by atoms with E-state index in [0.717, 1.165) is 37.2 Å². The first kappa shape index (κ1) is 13.0. The Bertz CT molecular complexity index is 499. The molecule has 2 amide bonds. The van der Waals surface area contributed by atoms with Crippen LogP contribution in [0.25, 0.3) is 0 Å². The van der Waals surface area contributed by atoms with Crippen LogP contribution in [0.1, 0.15) is 18.4 Å². The zero-order valence-electron chi connectivity index (χ0n) is 11.3. The van der Waals surface area contributed by atoms with Crippen molar-refractivity contribution in [3.05, 3.63) is 29.8 Å². The molecule has 1 saturated heterocycles. The molecule has 2 aliphatic heterocycles. The summed E-state index contributed by atoms with van der Waals surface area (Å²) in [5.41, 5.74) is 1.04. The Hall–Kier alpha value is -2.04. The highest BCUT2D eigenvalue weighted by Crippen LogP contribution is 2.28. The minimum atomic E-state index is -0.515. The predicted molar refractivity (Wildman–Crippen MR) is 73.4 cm³/mol. The molecule has 5 heteroatoms. The molecule has 0 spiro atoms. The van der Waals surface area contributed by atoms with Gasteiger partial charge in [-0.25, -0.2) is 0 Å². The summed E-state index contributed by atoms with van der Waals surface area (Å²) in [6, 6.07) is 7.63. The second-order valence-electron chi connectivity index (χ2n) is 5.22. The fraction of sp³-hybridized carbons (Fsp3) is 0.467. The number of nitrogens with one attached hydrogen (secondary N) is 1. The number of nitrogens with zero attached hydrogens (tertiary/aromatic N) is 1. The summed E-state index contributed by atoms with van der Waals surface area (Å²) in [7, 11) is 0. The molecule has 2 aliphatic rings. The molecule has 0 bridgehead atoms. The van der Waals surface area contributed by atoms with E-state index in [9.17, 15) is 9.59 Å². The number of benzene rings is 1. The van der Waals surface area contributed by atoms with Gasteiger partial charge in [-0.3, -0.25) is 9.59 Å². The van der Waals surface area contributed by atoms with Crippen LogP contribution in [0.4, 0.5) is 0 Å². The number of hydrogen-bond acceptors (Lipinski definition) is 3. The third-order valence-corrected chi connectivity index (χ3v) is 3.81. The van der Waals surface area contributed by atoms with Crippen LogP contribution in [0, 0.1) is 0 Å². The first-order chi connectivity index (χ1) is 9.74. The Morgan fingerprint density at radius 1 is 1.25 bits per heavy atom. The number of ether oxygens (including phenoxy) is 1. The van der Waals surface area contributed by atoms with Crippen LogP contribution in [0.5, 0.6) is 5.75 Å². The first-order valence-electron chi connectivity index (χ1n) is 7.04. The Morgan fingerprint density at radius 3 is 2.75 bits per heavy atom. The normalized spacial score (nSPS) is 20.4. The molecule has 1 aromatic carbocycles. The van der Waals surface area contributed by atoms with Crippen molar-refractivity contribution in [1.29, 1.82) is 0 Å². The van der Waals surface area contributed by atoms with Crippen LogP contribution >= 0.6 is 0 Å². The van der Waals surface area contributed by atoms with Gasteiger partial charge in [-0.2, -0.15) is 0 Å². The molecule has 0 aromatic heterocycles. The van der Waals surface area contributed by atoms with E-state index in [1.165, 1.54) is 0 Å². The molecule has 1 fully saturated rings. The Labute approximate surface area is 117 Å². The number of carbonyl (C=O) groups is 2. The number of carbonyl (C=O) groups excluding carboxylic acids is 2. The Morgan fingerprint density at radius 2 is 2.00 bits per heavy atom. The highest BCUT2D eigenvalue weighted by molar-refractivity contribution is 5.87. The summed E-state index contributed by atoms with van der Waals surface area (Å²) in [6.07, 6.45) is 2.17. The molecular formula is C15H18N2O3. The topological polar surface area (TPSA) is 58.6 Å². The predicted octanol–water partition coefficient (Wildman–Crippen LogP) is 0.729. The third kappa shape index (κ3) is 2.61. The molecule has 106 valence electrons. The molecule has 1 unspecified atom stereocenters. The van der Waals surface area contributed by atoms with E-state index in [1.54, 1.807) is 4.90 Å². The van der Waals surface area contributed by atoms with Crippen molar-refractivity contribution in [2.75, 3.05) is 19.6 Å². The summed E-state index contributed by atoms with van der Waals surface area (Å²) in [4.78, 5) is 25.7. The van der Waals surface area contributed by atoms with Gasteiger partial charge in [-0.15, -0.1) is 0 Å². The van der Waals surface area contributed by atoms with Gasteiger partial charge in [0, 0.05) is 19.5 Å². The van der Waals surface area contributed by atoms with Gasteiger partial charge in [0.1, 0.15) is 5.75 Å². The lowest BCUT2D eigenvalue weighted by molar-refractivity contribution is -0.134. The van der Waals surface area contributed by atoms with Crippen molar-refractivity contribution in [2.45, 2.75) is 25.4 Å². The second-order valence-corrected chi connectivity index (χ2v) is 5.22. The Balaban J connectivity index is 1.50. The number of hydrogen-bond donors (Lipinski definition) is 1. The lowest BCUT2D eigenvalue weighted by atomic mass is 10.1. The second kappa shape index (κ2) is 5.53. The molecule has 1 N–H and O–H groups in total. The zero-order chi connectivity index (χ0) is 13.9. The van der Waals surface area contributed by atoms with E-state index in [4.69, 9.17) is 4.74 Å². The highest BCUT2D eigenvalue weighted by atomic mass is 16.5. The fourth-order valence-corrected chi connectivity index (χ4v) is 2.68. The molecular weight excluding hydrogens is 256 g/mol. The summed E-state index contributed by atoms with van der Waals surface area (Å²) >= 11 is 0. The maximum absolute atomic E-state index is 12.0. The van der Waals surface area contributed by atoms with Crippen LogP contribution in [0.3, 0.4) is 0 Å². The van der Waals surface area contributed by atoms with E-state index in [1.807, 2.05) is 24.3 Å². The first-order valence-corrected chi connectivity index (χ1v) is 7.04. The SMILES string of the molecule is O=C(NCC(=O)N1CCCC1)C1Cc2ccccc2O1. The van der Waals surface area contributed by atoms with Gasteiger partial charge in [0.2, 0.25) is 5.91 Å². The highest BCUT2D eigenvalue weighted by Gasteiger charge is 2.29. The monoisotopic (exact) mass is 274 g/mol. The maximum atomic E-state index is 12.0. The molecule has 1 atom stereocenters. The van der Waals surface area contributed by atoms with Gasteiger partial charge in [0.15, 0.2) is 6.10 Å². The number of amides is 2. The third-order valence-electron chi connectivity index (χ3n) is 3.81. The average Bonchev–Trinajstić information content (AvgIpc) is 3.12. The number of rotatable bonds is 3. The van der Waals surface area contributed by atoms with Gasteiger partial charge < -0.3 is 15.0 Å². The standard InChI is InChI=1S/C15H18N2O3/c18-14(17-7-3-4-8-17)10-16-15(19)13-9-11-5-1-2-6-12(11)20-13/h1-2,5-6,13H,3-4,7-10H2,(H,16,19). The molecule has 0 aliphatic carbocycles. The van der Waals surface area contributed by atoms with E-state index in [0.29, 0.717) is 6.42 Å². The van der Waals surface area contributed by atoms with Gasteiger partial charge >= 0.3 is 0 Å². The van der Waals surface area contributed by atoms with Crippen LogP contribution < -0.4 is 10.1 Å². The van der Waals surface area contributed by atoms with Crippen molar-refractivity contribution in [2.24, 2.45) is 0 Å². The number of likely N-dealkylation sites (tertiary alicyclic amines) is 1. The molecule has 1 aromatic rings. The zero-order valence-corrected chi connectivity index (χ0v) is 11.3. The molecule has 0 saturated carbocycles. The minimum Gasteiger partial charge on any atom is -0.480 e. The van der Waals surface area contributed by atoms with Gasteiger partial charge in [-0.05, 0) is 24.5 Å². The van der Waals surface area contributed by atoms with Crippen LogP contribution in [0.2, 0.25) is 0 Å².